The first-order valence-corrected chi connectivity index (χ1v) is 8.27. The molecule has 2 aromatic rings. The Balaban J connectivity index is 2.19. The fraction of sp³-hybridized carbons (Fsp3) is 0.375. The van der Waals surface area contributed by atoms with E-state index in [1.807, 2.05) is 18.5 Å². The van der Waals surface area contributed by atoms with Crippen LogP contribution >= 0.6 is 11.8 Å². The third-order valence-electron chi connectivity index (χ3n) is 4.29. The molecule has 0 bridgehead atoms. The van der Waals surface area contributed by atoms with Crippen LogP contribution < -0.4 is 0 Å². The summed E-state index contributed by atoms with van der Waals surface area (Å²) in [6.07, 6.45) is 6.28. The van der Waals surface area contributed by atoms with Crippen molar-refractivity contribution in [3.05, 3.63) is 57.5 Å². The van der Waals surface area contributed by atoms with E-state index in [0.29, 0.717) is 0 Å². The molecule has 0 aliphatic heterocycles. The monoisotopic (exact) mass is 315 g/mol. The summed E-state index contributed by atoms with van der Waals surface area (Å²) in [6.45, 7) is 4.39. The van der Waals surface area contributed by atoms with Crippen LogP contribution in [0.25, 0.3) is 0 Å². The van der Waals surface area contributed by atoms with E-state index in [1.54, 1.807) is 30.2 Å². The summed E-state index contributed by atoms with van der Waals surface area (Å²) < 4.78 is 0. The van der Waals surface area contributed by atoms with E-state index in [4.69, 9.17) is 0 Å². The first-order valence-electron chi connectivity index (χ1n) is 7.05. The molecule has 1 unspecified atom stereocenters. The zero-order valence-electron chi connectivity index (χ0n) is 12.7. The molecule has 3 rings (SSSR count). The molecule has 0 N–H and O–H groups in total. The highest BCUT2D eigenvalue weighted by atomic mass is 32.2. The van der Waals surface area contributed by atoms with Crippen molar-refractivity contribution in [1.82, 2.24) is 9.97 Å². The normalized spacial score (nSPS) is 19.0. The van der Waals surface area contributed by atoms with Gasteiger partial charge in [-0.3, -0.25) is 10.1 Å². The van der Waals surface area contributed by atoms with Gasteiger partial charge in [-0.25, -0.2) is 9.97 Å². The van der Waals surface area contributed by atoms with Gasteiger partial charge in [-0.15, -0.1) is 11.8 Å². The largest absolute Gasteiger partial charge is 0.269 e. The van der Waals surface area contributed by atoms with Crippen molar-refractivity contribution < 1.29 is 4.92 Å². The molecule has 0 spiro atoms. The molecule has 5 nitrogen and oxygen atoms in total. The standard InChI is InChI=1S/C16H17N3O2S/c1-16(2)7-10-4-5-11(19(20)21)6-12(10)14(16)13-8-17-9-18-15(13)22-3/h4-6,8-9,14H,7H2,1-3H3. The van der Waals surface area contributed by atoms with Gasteiger partial charge in [0, 0.05) is 29.8 Å². The number of non-ortho nitro benzene ring substituents is 1. The fourth-order valence-electron chi connectivity index (χ4n) is 3.43. The lowest BCUT2D eigenvalue weighted by atomic mass is 9.76. The van der Waals surface area contributed by atoms with E-state index >= 15 is 0 Å². The summed E-state index contributed by atoms with van der Waals surface area (Å²) in [5.41, 5.74) is 3.39. The predicted molar refractivity (Wildman–Crippen MR) is 86.2 cm³/mol. The van der Waals surface area contributed by atoms with Crippen molar-refractivity contribution in [2.45, 2.75) is 31.2 Å². The molecule has 114 valence electrons. The molecule has 0 saturated carbocycles. The van der Waals surface area contributed by atoms with Gasteiger partial charge in [0.05, 0.1) is 4.92 Å². The highest BCUT2D eigenvalue weighted by Gasteiger charge is 2.42. The lowest BCUT2D eigenvalue weighted by Gasteiger charge is -2.28. The molecule has 1 atom stereocenters. The van der Waals surface area contributed by atoms with Gasteiger partial charge in [0.25, 0.3) is 5.69 Å². The van der Waals surface area contributed by atoms with Gasteiger partial charge in [0.15, 0.2) is 0 Å². The Kier molecular flexibility index (Phi) is 3.64. The number of benzene rings is 1. The van der Waals surface area contributed by atoms with Gasteiger partial charge in [0.2, 0.25) is 0 Å². The van der Waals surface area contributed by atoms with Crippen LogP contribution in [0, 0.1) is 15.5 Å². The van der Waals surface area contributed by atoms with Crippen LogP contribution in [0.1, 0.15) is 36.5 Å². The zero-order valence-corrected chi connectivity index (χ0v) is 13.6. The number of hydrogen-bond acceptors (Lipinski definition) is 5. The SMILES string of the molecule is CSc1ncncc1C1c2cc([N+](=O)[O-])ccc2CC1(C)C. The molecule has 1 aliphatic carbocycles. The summed E-state index contributed by atoms with van der Waals surface area (Å²) in [7, 11) is 0. The third kappa shape index (κ3) is 2.37. The summed E-state index contributed by atoms with van der Waals surface area (Å²) in [5, 5.41) is 12.0. The van der Waals surface area contributed by atoms with Crippen molar-refractivity contribution in [1.29, 1.82) is 0 Å². The summed E-state index contributed by atoms with van der Waals surface area (Å²) >= 11 is 1.58. The molecule has 22 heavy (non-hydrogen) atoms. The molecular weight excluding hydrogens is 298 g/mol. The molecule has 1 aromatic carbocycles. The molecule has 0 saturated heterocycles. The highest BCUT2D eigenvalue weighted by molar-refractivity contribution is 7.98. The van der Waals surface area contributed by atoms with Gasteiger partial charge >= 0.3 is 0 Å². The molecular formula is C16H17N3O2S. The Hall–Kier alpha value is -1.95. The number of thioether (sulfide) groups is 1. The van der Waals surface area contributed by atoms with Gasteiger partial charge in [0.1, 0.15) is 11.4 Å². The van der Waals surface area contributed by atoms with Gasteiger partial charge in [-0.05, 0) is 29.2 Å². The summed E-state index contributed by atoms with van der Waals surface area (Å²) in [5.74, 6) is 0.0750. The van der Waals surface area contributed by atoms with E-state index in [1.165, 1.54) is 5.56 Å². The van der Waals surface area contributed by atoms with Crippen LogP contribution in [0.4, 0.5) is 5.69 Å². The third-order valence-corrected chi connectivity index (χ3v) is 5.01. The predicted octanol–water partition coefficient (Wildman–Crippen LogP) is 3.82. The van der Waals surface area contributed by atoms with Crippen LogP contribution in [0.2, 0.25) is 0 Å². The van der Waals surface area contributed by atoms with Crippen molar-refractivity contribution in [3.63, 3.8) is 0 Å². The number of rotatable bonds is 3. The molecule has 1 aliphatic rings. The zero-order chi connectivity index (χ0) is 15.9. The molecule has 0 radical (unpaired) electrons. The second-order valence-corrected chi connectivity index (χ2v) is 7.02. The highest BCUT2D eigenvalue weighted by Crippen LogP contribution is 2.52. The van der Waals surface area contributed by atoms with Crippen molar-refractivity contribution in [2.75, 3.05) is 6.26 Å². The Morgan fingerprint density at radius 3 is 2.82 bits per heavy atom. The first-order chi connectivity index (χ1) is 10.4. The average molecular weight is 315 g/mol. The fourth-order valence-corrected chi connectivity index (χ4v) is 3.98. The lowest BCUT2D eigenvalue weighted by Crippen LogP contribution is -2.20. The van der Waals surface area contributed by atoms with E-state index in [-0.39, 0.29) is 21.9 Å². The van der Waals surface area contributed by atoms with Crippen LogP contribution in [0.5, 0.6) is 0 Å². The van der Waals surface area contributed by atoms with E-state index in [2.05, 4.69) is 23.8 Å². The van der Waals surface area contributed by atoms with E-state index in [9.17, 15) is 10.1 Å². The van der Waals surface area contributed by atoms with Crippen molar-refractivity contribution >= 4 is 17.4 Å². The number of nitro groups is 1. The van der Waals surface area contributed by atoms with Crippen LogP contribution in [-0.4, -0.2) is 21.1 Å². The maximum atomic E-state index is 11.1. The number of hydrogen-bond donors (Lipinski definition) is 0. The van der Waals surface area contributed by atoms with E-state index in [0.717, 1.165) is 22.6 Å². The first kappa shape index (κ1) is 15.0. The minimum absolute atomic E-state index is 0.0211. The quantitative estimate of drug-likeness (QED) is 0.373. The summed E-state index contributed by atoms with van der Waals surface area (Å²) in [4.78, 5) is 19.3. The molecule has 1 aromatic heterocycles. The van der Waals surface area contributed by atoms with Crippen LogP contribution in [0.15, 0.2) is 35.7 Å². The van der Waals surface area contributed by atoms with E-state index < -0.39 is 0 Å². The maximum absolute atomic E-state index is 11.1. The van der Waals surface area contributed by atoms with Gasteiger partial charge in [-0.2, -0.15) is 0 Å². The van der Waals surface area contributed by atoms with Crippen molar-refractivity contribution in [3.8, 4) is 0 Å². The number of nitrogens with zero attached hydrogens (tertiary/aromatic N) is 3. The smallest absolute Gasteiger partial charge is 0.258 e. The Bertz CT molecular complexity index is 746. The number of fused-ring (bicyclic) bond motifs is 1. The summed E-state index contributed by atoms with van der Waals surface area (Å²) in [6, 6.07) is 5.19. The topological polar surface area (TPSA) is 68.9 Å². The maximum Gasteiger partial charge on any atom is 0.269 e. The molecule has 0 amide bonds. The van der Waals surface area contributed by atoms with Crippen molar-refractivity contribution in [2.24, 2.45) is 5.41 Å². The molecule has 0 fully saturated rings. The number of nitro benzene ring substituents is 1. The van der Waals surface area contributed by atoms with Crippen LogP contribution in [0.3, 0.4) is 0 Å². The lowest BCUT2D eigenvalue weighted by molar-refractivity contribution is -0.384. The Labute approximate surface area is 133 Å². The molecule has 1 heterocycles. The minimum atomic E-state index is -0.334. The second-order valence-electron chi connectivity index (χ2n) is 6.23. The van der Waals surface area contributed by atoms with Gasteiger partial charge in [-0.1, -0.05) is 19.9 Å². The Morgan fingerprint density at radius 1 is 1.36 bits per heavy atom. The number of aromatic nitrogens is 2. The minimum Gasteiger partial charge on any atom is -0.258 e. The van der Waals surface area contributed by atoms with Crippen LogP contribution in [-0.2, 0) is 6.42 Å². The average Bonchev–Trinajstić information content (AvgIpc) is 2.75. The molecule has 6 heteroatoms. The second kappa shape index (κ2) is 5.35. The van der Waals surface area contributed by atoms with Gasteiger partial charge < -0.3 is 0 Å². The Morgan fingerprint density at radius 2 is 2.14 bits per heavy atom.